The topological polar surface area (TPSA) is 42.0 Å². The lowest BCUT2D eigenvalue weighted by molar-refractivity contribution is -0.140. The number of amides is 1. The number of carbonyl (C=O) groups excluding carboxylic acids is 1. The third-order valence-corrected chi connectivity index (χ3v) is 5.17. The van der Waals surface area contributed by atoms with Crippen molar-refractivity contribution in [2.75, 3.05) is 39.5 Å². The number of nitrogens with zero attached hydrogens (tertiary/aromatic N) is 2. The average Bonchev–Trinajstić information content (AvgIpc) is 2.94. The summed E-state index contributed by atoms with van der Waals surface area (Å²) in [6, 6.07) is 10.3. The number of benzene rings is 2. The van der Waals surface area contributed by atoms with Gasteiger partial charge in [-0.05, 0) is 12.1 Å². The van der Waals surface area contributed by atoms with Crippen molar-refractivity contribution in [1.82, 2.24) is 9.80 Å². The molecule has 1 unspecified atom stereocenters. The number of carbonyl (C=O) groups is 1. The fraction of sp³-hybridized carbons (Fsp3) is 0.381. The van der Waals surface area contributed by atoms with E-state index in [9.17, 15) is 13.6 Å². The second-order valence-corrected chi connectivity index (χ2v) is 6.91. The van der Waals surface area contributed by atoms with E-state index in [2.05, 4.69) is 0 Å². The van der Waals surface area contributed by atoms with E-state index in [1.165, 1.54) is 12.1 Å². The van der Waals surface area contributed by atoms with E-state index in [-0.39, 0.29) is 24.8 Å². The number of rotatable bonds is 3. The number of para-hydroxylation sites is 1. The van der Waals surface area contributed by atoms with Crippen LogP contribution in [0.5, 0.6) is 5.75 Å². The van der Waals surface area contributed by atoms with Crippen molar-refractivity contribution in [3.8, 4) is 5.75 Å². The van der Waals surface area contributed by atoms with Crippen molar-refractivity contribution in [1.29, 1.82) is 0 Å². The number of hydrogen-bond donors (Lipinski definition) is 0. The molecule has 5 nitrogen and oxygen atoms in total. The highest BCUT2D eigenvalue weighted by atomic mass is 19.1. The van der Waals surface area contributed by atoms with Crippen LogP contribution in [-0.4, -0.2) is 55.2 Å². The van der Waals surface area contributed by atoms with E-state index in [0.717, 1.165) is 0 Å². The molecule has 0 N–H and O–H groups in total. The van der Waals surface area contributed by atoms with Gasteiger partial charge in [0.2, 0.25) is 5.91 Å². The Morgan fingerprint density at radius 1 is 0.929 bits per heavy atom. The van der Waals surface area contributed by atoms with Gasteiger partial charge in [-0.3, -0.25) is 9.69 Å². The summed E-state index contributed by atoms with van der Waals surface area (Å²) in [7, 11) is 0. The molecule has 0 bridgehead atoms. The van der Waals surface area contributed by atoms with E-state index < -0.39 is 17.7 Å². The Morgan fingerprint density at radius 2 is 1.68 bits per heavy atom. The summed E-state index contributed by atoms with van der Waals surface area (Å²) >= 11 is 0. The zero-order valence-corrected chi connectivity index (χ0v) is 15.4. The Hall–Kier alpha value is -2.51. The minimum Gasteiger partial charge on any atom is -0.488 e. The van der Waals surface area contributed by atoms with E-state index in [4.69, 9.17) is 9.47 Å². The predicted octanol–water partition coefficient (Wildman–Crippen LogP) is 2.76. The third-order valence-electron chi connectivity index (χ3n) is 5.17. The number of morpholine rings is 1. The first kappa shape index (κ1) is 18.8. The molecule has 2 aliphatic rings. The number of fused-ring (bicyclic) bond motifs is 1. The van der Waals surface area contributed by atoms with Gasteiger partial charge in [-0.15, -0.1) is 0 Å². The lowest BCUT2D eigenvalue weighted by Crippen LogP contribution is -2.47. The summed E-state index contributed by atoms with van der Waals surface area (Å²) in [6.07, 6.45) is 0. The summed E-state index contributed by atoms with van der Waals surface area (Å²) in [6.45, 7) is 2.79. The fourth-order valence-electron chi connectivity index (χ4n) is 3.76. The lowest BCUT2D eigenvalue weighted by Gasteiger charge is -2.36. The van der Waals surface area contributed by atoms with Gasteiger partial charge in [0, 0.05) is 30.8 Å². The molecule has 2 heterocycles. The van der Waals surface area contributed by atoms with Gasteiger partial charge in [0.15, 0.2) is 11.6 Å². The molecule has 4 rings (SSSR count). The van der Waals surface area contributed by atoms with Gasteiger partial charge in [-0.1, -0.05) is 30.3 Å². The second kappa shape index (κ2) is 8.24. The van der Waals surface area contributed by atoms with Crippen molar-refractivity contribution in [2.45, 2.75) is 12.6 Å². The predicted molar refractivity (Wildman–Crippen MR) is 98.8 cm³/mol. The van der Waals surface area contributed by atoms with Gasteiger partial charge in [-0.25, -0.2) is 8.78 Å². The Labute approximate surface area is 162 Å². The summed E-state index contributed by atoms with van der Waals surface area (Å²) in [5.74, 6) is -0.880. The number of halogens is 2. The Balaban J connectivity index is 1.66. The minimum atomic E-state index is -0.750. The van der Waals surface area contributed by atoms with Crippen molar-refractivity contribution >= 4 is 5.91 Å². The van der Waals surface area contributed by atoms with Crippen LogP contribution in [0.2, 0.25) is 0 Å². The van der Waals surface area contributed by atoms with Gasteiger partial charge in [-0.2, -0.15) is 0 Å². The van der Waals surface area contributed by atoms with Crippen molar-refractivity contribution in [3.05, 3.63) is 65.2 Å². The van der Waals surface area contributed by atoms with Gasteiger partial charge in [0.05, 0.1) is 19.8 Å². The molecule has 1 amide bonds. The minimum absolute atomic E-state index is 0.187. The van der Waals surface area contributed by atoms with Crippen molar-refractivity contribution in [3.63, 3.8) is 0 Å². The Morgan fingerprint density at radius 3 is 2.46 bits per heavy atom. The smallest absolute Gasteiger partial charge is 0.245 e. The SMILES string of the molecule is O=C(C(c1ccccc1F)N1CCOCC1)N1CCOc2c(F)cccc2C1. The molecule has 0 aliphatic carbocycles. The first-order valence-corrected chi connectivity index (χ1v) is 9.40. The molecule has 1 fully saturated rings. The largest absolute Gasteiger partial charge is 0.488 e. The van der Waals surface area contributed by atoms with Crippen LogP contribution in [0.4, 0.5) is 8.78 Å². The molecule has 2 aromatic carbocycles. The van der Waals surface area contributed by atoms with Crippen LogP contribution in [-0.2, 0) is 16.1 Å². The van der Waals surface area contributed by atoms with Gasteiger partial charge in [0.1, 0.15) is 18.5 Å². The molecule has 2 aromatic rings. The molecule has 0 spiro atoms. The zero-order chi connectivity index (χ0) is 19.5. The maximum absolute atomic E-state index is 14.6. The highest BCUT2D eigenvalue weighted by Gasteiger charge is 2.35. The maximum atomic E-state index is 14.6. The Bertz CT molecular complexity index is 855. The van der Waals surface area contributed by atoms with Crippen LogP contribution >= 0.6 is 0 Å². The number of ether oxygens (including phenoxy) is 2. The van der Waals surface area contributed by atoms with Crippen LogP contribution in [0.3, 0.4) is 0 Å². The van der Waals surface area contributed by atoms with Gasteiger partial charge < -0.3 is 14.4 Å². The molecular weight excluding hydrogens is 366 g/mol. The molecular formula is C21H22F2N2O3. The molecule has 0 radical (unpaired) electrons. The standard InChI is InChI=1S/C21H22F2N2O3/c22-17-6-2-1-5-16(17)19(24-8-11-27-12-9-24)21(26)25-10-13-28-20-15(14-25)4-3-7-18(20)23/h1-7,19H,8-14H2. The van der Waals surface area contributed by atoms with Crippen LogP contribution in [0, 0.1) is 11.6 Å². The molecule has 28 heavy (non-hydrogen) atoms. The molecule has 2 aliphatic heterocycles. The highest BCUT2D eigenvalue weighted by molar-refractivity contribution is 5.83. The van der Waals surface area contributed by atoms with Crippen LogP contribution in [0.1, 0.15) is 17.2 Å². The molecule has 7 heteroatoms. The van der Waals surface area contributed by atoms with Crippen molar-refractivity contribution < 1.29 is 23.0 Å². The second-order valence-electron chi connectivity index (χ2n) is 6.91. The molecule has 148 valence electrons. The zero-order valence-electron chi connectivity index (χ0n) is 15.4. The molecule has 0 saturated carbocycles. The summed E-state index contributed by atoms with van der Waals surface area (Å²) < 4.78 is 39.6. The maximum Gasteiger partial charge on any atom is 0.245 e. The monoisotopic (exact) mass is 388 g/mol. The highest BCUT2D eigenvalue weighted by Crippen LogP contribution is 2.30. The van der Waals surface area contributed by atoms with Crippen LogP contribution in [0.25, 0.3) is 0 Å². The normalized spacial score (nSPS) is 18.7. The summed E-state index contributed by atoms with van der Waals surface area (Å²) in [5.41, 5.74) is 0.958. The van der Waals surface area contributed by atoms with E-state index >= 15 is 0 Å². The summed E-state index contributed by atoms with van der Waals surface area (Å²) in [4.78, 5) is 17.1. The lowest BCUT2D eigenvalue weighted by atomic mass is 10.0. The van der Waals surface area contributed by atoms with E-state index in [0.29, 0.717) is 44.0 Å². The summed E-state index contributed by atoms with van der Waals surface area (Å²) in [5, 5.41) is 0. The molecule has 1 saturated heterocycles. The van der Waals surface area contributed by atoms with Gasteiger partial charge in [0.25, 0.3) is 0 Å². The molecule has 1 atom stereocenters. The average molecular weight is 388 g/mol. The van der Waals surface area contributed by atoms with Crippen LogP contribution in [0.15, 0.2) is 42.5 Å². The van der Waals surface area contributed by atoms with E-state index in [1.807, 2.05) is 4.90 Å². The Kier molecular flexibility index (Phi) is 5.54. The first-order valence-electron chi connectivity index (χ1n) is 9.40. The molecule has 0 aromatic heterocycles. The van der Waals surface area contributed by atoms with Crippen molar-refractivity contribution in [2.24, 2.45) is 0 Å². The fourth-order valence-corrected chi connectivity index (χ4v) is 3.76. The quantitative estimate of drug-likeness (QED) is 0.811. The first-order chi connectivity index (χ1) is 13.6. The van der Waals surface area contributed by atoms with Crippen LogP contribution < -0.4 is 4.74 Å². The number of hydrogen-bond acceptors (Lipinski definition) is 4. The van der Waals surface area contributed by atoms with E-state index in [1.54, 1.807) is 35.2 Å². The van der Waals surface area contributed by atoms with Gasteiger partial charge >= 0.3 is 0 Å². The third kappa shape index (κ3) is 3.72.